The van der Waals surface area contributed by atoms with E-state index in [0.717, 1.165) is 5.56 Å². The van der Waals surface area contributed by atoms with Crippen molar-refractivity contribution in [1.82, 2.24) is 5.32 Å². The maximum absolute atomic E-state index is 13.0. The lowest BCUT2D eigenvalue weighted by Crippen LogP contribution is -2.39. The van der Waals surface area contributed by atoms with Crippen LogP contribution in [0, 0.1) is 5.82 Å². The minimum absolute atomic E-state index is 0.147. The fourth-order valence-electron chi connectivity index (χ4n) is 2.46. The Morgan fingerprint density at radius 1 is 1.12 bits per heavy atom. The van der Waals surface area contributed by atoms with Crippen molar-refractivity contribution in [3.8, 4) is 11.5 Å². The molecule has 0 fully saturated rings. The first-order valence-electron chi connectivity index (χ1n) is 7.72. The van der Waals surface area contributed by atoms with Crippen molar-refractivity contribution in [2.75, 3.05) is 18.2 Å². The lowest BCUT2D eigenvalue weighted by molar-refractivity contribution is -0.123. The Balaban J connectivity index is 1.60. The van der Waals surface area contributed by atoms with E-state index in [4.69, 9.17) is 9.47 Å². The van der Waals surface area contributed by atoms with Crippen LogP contribution in [0.4, 0.5) is 10.1 Å². The van der Waals surface area contributed by atoms with Crippen LogP contribution in [0.1, 0.15) is 12.5 Å². The van der Waals surface area contributed by atoms with E-state index in [-0.39, 0.29) is 25.2 Å². The van der Waals surface area contributed by atoms with Gasteiger partial charge in [0.15, 0.2) is 11.5 Å². The number of halogens is 1. The van der Waals surface area contributed by atoms with Crippen LogP contribution in [0.2, 0.25) is 0 Å². The highest BCUT2D eigenvalue weighted by Gasteiger charge is 2.17. The summed E-state index contributed by atoms with van der Waals surface area (Å²) in [5, 5.41) is 2.75. The molecule has 1 aliphatic heterocycles. The molecule has 130 valence electrons. The van der Waals surface area contributed by atoms with Gasteiger partial charge in [-0.2, -0.15) is 0 Å². The summed E-state index contributed by atoms with van der Waals surface area (Å²) in [5.74, 6) is 0.291. The number of fused-ring (bicyclic) bond motifs is 1. The van der Waals surface area contributed by atoms with Crippen molar-refractivity contribution < 1.29 is 23.5 Å². The second-order valence-corrected chi connectivity index (χ2v) is 5.55. The zero-order valence-corrected chi connectivity index (χ0v) is 13.6. The average molecular weight is 344 g/mol. The molecule has 6 nitrogen and oxygen atoms in total. The van der Waals surface area contributed by atoms with Crippen molar-refractivity contribution >= 4 is 17.5 Å². The van der Waals surface area contributed by atoms with Crippen LogP contribution < -0.4 is 19.7 Å². The fourth-order valence-corrected chi connectivity index (χ4v) is 2.46. The third-order valence-electron chi connectivity index (χ3n) is 3.75. The molecule has 25 heavy (non-hydrogen) atoms. The summed E-state index contributed by atoms with van der Waals surface area (Å²) < 4.78 is 23.5. The van der Waals surface area contributed by atoms with E-state index in [9.17, 15) is 14.0 Å². The minimum atomic E-state index is -0.403. The number of carbonyl (C=O) groups excluding carboxylic acids is 2. The molecule has 2 aromatic rings. The predicted molar refractivity (Wildman–Crippen MR) is 88.8 cm³/mol. The number of benzene rings is 2. The van der Waals surface area contributed by atoms with Crippen LogP contribution >= 0.6 is 0 Å². The average Bonchev–Trinajstić information content (AvgIpc) is 3.06. The van der Waals surface area contributed by atoms with Gasteiger partial charge in [0.25, 0.3) is 0 Å². The molecular weight excluding hydrogens is 327 g/mol. The summed E-state index contributed by atoms with van der Waals surface area (Å²) in [4.78, 5) is 25.2. The first-order valence-corrected chi connectivity index (χ1v) is 7.72. The van der Waals surface area contributed by atoms with Crippen molar-refractivity contribution in [2.45, 2.75) is 13.5 Å². The third-order valence-corrected chi connectivity index (χ3v) is 3.75. The highest BCUT2D eigenvalue weighted by atomic mass is 19.1. The molecule has 0 aromatic heterocycles. The zero-order valence-electron chi connectivity index (χ0n) is 13.6. The van der Waals surface area contributed by atoms with Crippen LogP contribution in [-0.4, -0.2) is 25.2 Å². The molecule has 0 unspecified atom stereocenters. The molecule has 7 heteroatoms. The van der Waals surface area contributed by atoms with Gasteiger partial charge < -0.3 is 19.7 Å². The quantitative estimate of drug-likeness (QED) is 0.903. The molecule has 2 amide bonds. The smallest absolute Gasteiger partial charge is 0.240 e. The van der Waals surface area contributed by atoms with E-state index in [0.29, 0.717) is 23.7 Å². The van der Waals surface area contributed by atoms with E-state index in [1.807, 2.05) is 6.07 Å². The largest absolute Gasteiger partial charge is 0.454 e. The number of ether oxygens (including phenoxy) is 2. The number of carbonyl (C=O) groups is 2. The molecule has 1 aliphatic rings. The number of nitrogens with zero attached hydrogens (tertiary/aromatic N) is 1. The van der Waals surface area contributed by atoms with E-state index < -0.39 is 5.82 Å². The van der Waals surface area contributed by atoms with Gasteiger partial charge in [-0.15, -0.1) is 0 Å². The maximum atomic E-state index is 13.0. The van der Waals surface area contributed by atoms with Crippen molar-refractivity contribution in [1.29, 1.82) is 0 Å². The Bertz CT molecular complexity index is 792. The maximum Gasteiger partial charge on any atom is 0.240 e. The van der Waals surface area contributed by atoms with E-state index in [2.05, 4.69) is 5.32 Å². The zero-order chi connectivity index (χ0) is 17.8. The van der Waals surface area contributed by atoms with Gasteiger partial charge in [0.05, 0.1) is 0 Å². The molecule has 1 N–H and O–H groups in total. The molecule has 0 aliphatic carbocycles. The van der Waals surface area contributed by atoms with Gasteiger partial charge in [0.2, 0.25) is 18.6 Å². The molecular formula is C18H17FN2O4. The first kappa shape index (κ1) is 16.8. The second-order valence-electron chi connectivity index (χ2n) is 5.55. The number of hydrogen-bond donors (Lipinski definition) is 1. The Hall–Kier alpha value is -3.09. The molecule has 1 heterocycles. The summed E-state index contributed by atoms with van der Waals surface area (Å²) in [5.41, 5.74) is 1.32. The van der Waals surface area contributed by atoms with E-state index in [1.54, 1.807) is 12.1 Å². The molecule has 0 saturated heterocycles. The minimum Gasteiger partial charge on any atom is -0.454 e. The summed E-state index contributed by atoms with van der Waals surface area (Å²) in [6.07, 6.45) is 0. The van der Waals surface area contributed by atoms with Crippen LogP contribution in [0.5, 0.6) is 11.5 Å². The third kappa shape index (κ3) is 4.06. The highest BCUT2D eigenvalue weighted by Crippen LogP contribution is 2.32. The van der Waals surface area contributed by atoms with Crippen molar-refractivity contribution in [2.24, 2.45) is 0 Å². The monoisotopic (exact) mass is 344 g/mol. The first-order chi connectivity index (χ1) is 12.0. The van der Waals surface area contributed by atoms with Crippen LogP contribution in [0.25, 0.3) is 0 Å². The molecule has 0 spiro atoms. The summed E-state index contributed by atoms with van der Waals surface area (Å²) in [7, 11) is 0. The SMILES string of the molecule is CC(=O)N(CC(=O)NCc1ccc2c(c1)OCO2)c1ccc(F)cc1. The van der Waals surface area contributed by atoms with Crippen molar-refractivity contribution in [3.05, 3.63) is 53.8 Å². The van der Waals surface area contributed by atoms with Gasteiger partial charge in [-0.25, -0.2) is 4.39 Å². The lowest BCUT2D eigenvalue weighted by atomic mass is 10.2. The normalized spacial score (nSPS) is 11.9. The lowest BCUT2D eigenvalue weighted by Gasteiger charge is -2.20. The molecule has 2 aromatic carbocycles. The van der Waals surface area contributed by atoms with E-state index in [1.165, 1.54) is 36.1 Å². The fraction of sp³-hybridized carbons (Fsp3) is 0.222. The Kier molecular flexibility index (Phi) is 4.83. The predicted octanol–water partition coefficient (Wildman–Crippen LogP) is 2.22. The topological polar surface area (TPSA) is 67.9 Å². The number of nitrogens with one attached hydrogen (secondary N) is 1. The Morgan fingerprint density at radius 2 is 1.84 bits per heavy atom. The Morgan fingerprint density at radius 3 is 2.56 bits per heavy atom. The van der Waals surface area contributed by atoms with Gasteiger partial charge in [-0.1, -0.05) is 6.07 Å². The van der Waals surface area contributed by atoms with Crippen LogP contribution in [0.3, 0.4) is 0 Å². The number of hydrogen-bond acceptors (Lipinski definition) is 4. The second kappa shape index (κ2) is 7.21. The number of anilines is 1. The molecule has 0 atom stereocenters. The molecule has 0 saturated carbocycles. The van der Waals surface area contributed by atoms with Gasteiger partial charge in [0.1, 0.15) is 12.4 Å². The summed E-state index contributed by atoms with van der Waals surface area (Å²) in [6.45, 7) is 1.70. The van der Waals surface area contributed by atoms with Crippen LogP contribution in [0.15, 0.2) is 42.5 Å². The number of amides is 2. The molecule has 3 rings (SSSR count). The van der Waals surface area contributed by atoms with Crippen molar-refractivity contribution in [3.63, 3.8) is 0 Å². The summed E-state index contributed by atoms with van der Waals surface area (Å²) >= 11 is 0. The molecule has 0 radical (unpaired) electrons. The summed E-state index contributed by atoms with van der Waals surface area (Å²) in [6, 6.07) is 10.8. The van der Waals surface area contributed by atoms with Gasteiger partial charge in [-0.05, 0) is 42.0 Å². The Labute approximate surface area is 144 Å². The van der Waals surface area contributed by atoms with Crippen LogP contribution in [-0.2, 0) is 16.1 Å². The molecule has 0 bridgehead atoms. The number of rotatable bonds is 5. The standard InChI is InChI=1S/C18H17FN2O4/c1-12(22)21(15-5-3-14(19)4-6-15)10-18(23)20-9-13-2-7-16-17(8-13)25-11-24-16/h2-8H,9-11H2,1H3,(H,20,23). The highest BCUT2D eigenvalue weighted by molar-refractivity contribution is 5.97. The van der Waals surface area contributed by atoms with Gasteiger partial charge >= 0.3 is 0 Å². The van der Waals surface area contributed by atoms with E-state index >= 15 is 0 Å². The van der Waals surface area contributed by atoms with Gasteiger partial charge in [-0.3, -0.25) is 9.59 Å². The van der Waals surface area contributed by atoms with Gasteiger partial charge in [0, 0.05) is 19.2 Å².